The zero-order chi connectivity index (χ0) is 17.3. The van der Waals surface area contributed by atoms with Gasteiger partial charge in [0, 0.05) is 10.9 Å². The summed E-state index contributed by atoms with van der Waals surface area (Å²) < 4.78 is 12.2. The van der Waals surface area contributed by atoms with Crippen LogP contribution in [-0.2, 0) is 4.79 Å². The van der Waals surface area contributed by atoms with Gasteiger partial charge < -0.3 is 14.3 Å². The third-order valence-corrected chi connectivity index (χ3v) is 4.85. The fourth-order valence-corrected chi connectivity index (χ4v) is 4.28. The largest absolute Gasteiger partial charge is 0.480 e. The average Bonchev–Trinajstić information content (AvgIpc) is 2.96. The maximum Gasteiger partial charge on any atom is 0.341 e. The van der Waals surface area contributed by atoms with Crippen LogP contribution in [-0.4, -0.2) is 23.5 Å². The molecule has 1 aromatic heterocycles. The predicted octanol–water partition coefficient (Wildman–Crippen LogP) is 4.34. The second kappa shape index (κ2) is 7.09. The Kier molecular flexibility index (Phi) is 5.09. The number of carbonyl (C=O) groups excluding carboxylic acids is 1. The topological polar surface area (TPSA) is 76.7 Å². The molecule has 0 bridgehead atoms. The van der Waals surface area contributed by atoms with Crippen molar-refractivity contribution in [2.24, 2.45) is 0 Å². The van der Waals surface area contributed by atoms with Crippen LogP contribution in [0.15, 0.2) is 46.9 Å². The van der Waals surface area contributed by atoms with Crippen LogP contribution in [0.2, 0.25) is 0 Å². The minimum Gasteiger partial charge on any atom is -0.480 e. The number of fused-ring (bicyclic) bond motifs is 1. The molecule has 1 N–H and O–H groups in total. The number of para-hydroxylation sites is 1. The van der Waals surface area contributed by atoms with Gasteiger partial charge >= 0.3 is 5.97 Å². The molecule has 0 saturated heterocycles. The first-order chi connectivity index (χ1) is 11.5. The first kappa shape index (κ1) is 17.2. The second-order valence-electron chi connectivity index (χ2n) is 4.93. The van der Waals surface area contributed by atoms with Crippen molar-refractivity contribution in [3.8, 4) is 5.75 Å². The van der Waals surface area contributed by atoms with Gasteiger partial charge in [0.05, 0.1) is 7.14 Å². The zero-order valence-electron chi connectivity index (χ0n) is 12.1. The fraction of sp³-hybridized carbons (Fsp3) is 0.0588. The van der Waals surface area contributed by atoms with Crippen LogP contribution in [0.4, 0.5) is 0 Å². The molecule has 0 amide bonds. The van der Waals surface area contributed by atoms with E-state index in [2.05, 4.69) is 0 Å². The number of carbonyl (C=O) groups is 2. The molecule has 1 heterocycles. The van der Waals surface area contributed by atoms with Crippen molar-refractivity contribution in [3.63, 3.8) is 0 Å². The molecule has 24 heavy (non-hydrogen) atoms. The lowest BCUT2D eigenvalue weighted by Gasteiger charge is -2.10. The van der Waals surface area contributed by atoms with Gasteiger partial charge in [-0.1, -0.05) is 18.2 Å². The molecule has 2 aromatic carbocycles. The molecule has 122 valence electrons. The monoisotopic (exact) mass is 548 g/mol. The molecule has 0 fully saturated rings. The highest BCUT2D eigenvalue weighted by atomic mass is 127. The van der Waals surface area contributed by atoms with Crippen LogP contribution >= 0.6 is 45.2 Å². The summed E-state index contributed by atoms with van der Waals surface area (Å²) in [6.07, 6.45) is 0. The molecule has 0 radical (unpaired) electrons. The third kappa shape index (κ3) is 3.56. The molecule has 0 unspecified atom stereocenters. The Hall–Kier alpha value is -1.62. The number of aliphatic carboxylic acids is 1. The van der Waals surface area contributed by atoms with Gasteiger partial charge in [0.2, 0.25) is 5.78 Å². The van der Waals surface area contributed by atoms with E-state index in [1.54, 1.807) is 18.2 Å². The standard InChI is InChI=1S/C17H10I2O5/c18-11-5-10(6-12(19)17(11)23-8-15(20)21)16(22)14-7-9-3-1-2-4-13(9)24-14/h1-7H,8H2,(H,20,21). The summed E-state index contributed by atoms with van der Waals surface area (Å²) in [6.45, 7) is -0.428. The molecular formula is C17H10I2O5. The highest BCUT2D eigenvalue weighted by Gasteiger charge is 2.18. The van der Waals surface area contributed by atoms with Crippen molar-refractivity contribution in [2.75, 3.05) is 6.61 Å². The highest BCUT2D eigenvalue weighted by Crippen LogP contribution is 2.30. The number of hydrogen-bond donors (Lipinski definition) is 1. The van der Waals surface area contributed by atoms with E-state index in [-0.39, 0.29) is 11.5 Å². The molecule has 0 aliphatic carbocycles. The summed E-state index contributed by atoms with van der Waals surface area (Å²) in [5.74, 6) is -0.558. The minimum absolute atomic E-state index is 0.230. The SMILES string of the molecule is O=C(O)COc1c(I)cc(C(=O)c2cc3ccccc3o2)cc1I. The van der Waals surface area contributed by atoms with Crippen LogP contribution < -0.4 is 4.74 Å². The van der Waals surface area contributed by atoms with E-state index in [1.807, 2.05) is 69.4 Å². The molecule has 0 atom stereocenters. The van der Waals surface area contributed by atoms with E-state index in [1.165, 1.54) is 0 Å². The number of ether oxygens (including phenoxy) is 1. The number of hydrogen-bond acceptors (Lipinski definition) is 4. The van der Waals surface area contributed by atoms with E-state index in [0.717, 1.165) is 5.39 Å². The predicted molar refractivity (Wildman–Crippen MR) is 105 cm³/mol. The summed E-state index contributed by atoms with van der Waals surface area (Å²) in [4.78, 5) is 23.3. The van der Waals surface area contributed by atoms with Gasteiger partial charge in [-0.15, -0.1) is 0 Å². The summed E-state index contributed by atoms with van der Waals surface area (Å²) >= 11 is 4.04. The molecule has 0 spiro atoms. The quantitative estimate of drug-likeness (QED) is 0.380. The zero-order valence-corrected chi connectivity index (χ0v) is 16.4. The second-order valence-corrected chi connectivity index (χ2v) is 7.25. The lowest BCUT2D eigenvalue weighted by molar-refractivity contribution is -0.139. The van der Waals surface area contributed by atoms with Crippen molar-refractivity contribution in [3.05, 3.63) is 60.9 Å². The van der Waals surface area contributed by atoms with Gasteiger partial charge in [-0.05, 0) is 69.4 Å². The molecule has 0 saturated carbocycles. The van der Waals surface area contributed by atoms with Gasteiger partial charge in [0.25, 0.3) is 0 Å². The number of carboxylic acids is 1. The summed E-state index contributed by atoms with van der Waals surface area (Å²) in [5.41, 5.74) is 1.12. The number of furan rings is 1. The number of ketones is 1. The van der Waals surface area contributed by atoms with E-state index in [0.29, 0.717) is 24.0 Å². The highest BCUT2D eigenvalue weighted by molar-refractivity contribution is 14.1. The maximum atomic E-state index is 12.7. The Morgan fingerprint density at radius 1 is 1.08 bits per heavy atom. The van der Waals surface area contributed by atoms with E-state index in [4.69, 9.17) is 14.3 Å². The average molecular weight is 548 g/mol. The smallest absolute Gasteiger partial charge is 0.341 e. The van der Waals surface area contributed by atoms with Crippen LogP contribution in [0.25, 0.3) is 11.0 Å². The minimum atomic E-state index is -1.05. The molecular weight excluding hydrogens is 538 g/mol. The van der Waals surface area contributed by atoms with Crippen LogP contribution in [0.3, 0.4) is 0 Å². The number of rotatable bonds is 5. The Morgan fingerprint density at radius 2 is 1.75 bits per heavy atom. The Bertz CT molecular complexity index is 889. The van der Waals surface area contributed by atoms with Crippen molar-refractivity contribution >= 4 is 67.9 Å². The molecule has 3 aromatic rings. The Morgan fingerprint density at radius 3 is 2.38 bits per heavy atom. The Balaban J connectivity index is 1.94. The summed E-state index contributed by atoms with van der Waals surface area (Å²) in [6, 6.07) is 12.5. The van der Waals surface area contributed by atoms with Crippen LogP contribution in [0.5, 0.6) is 5.75 Å². The first-order valence-electron chi connectivity index (χ1n) is 6.82. The number of benzene rings is 2. The molecule has 3 rings (SSSR count). The van der Waals surface area contributed by atoms with E-state index < -0.39 is 12.6 Å². The summed E-state index contributed by atoms with van der Waals surface area (Å²) in [5, 5.41) is 9.59. The van der Waals surface area contributed by atoms with E-state index >= 15 is 0 Å². The molecule has 0 aliphatic rings. The van der Waals surface area contributed by atoms with Gasteiger partial charge in [0.15, 0.2) is 12.4 Å². The van der Waals surface area contributed by atoms with Gasteiger partial charge in [-0.3, -0.25) is 4.79 Å². The van der Waals surface area contributed by atoms with Gasteiger partial charge in [-0.2, -0.15) is 0 Å². The molecule has 7 heteroatoms. The van der Waals surface area contributed by atoms with E-state index in [9.17, 15) is 9.59 Å². The van der Waals surface area contributed by atoms with Crippen LogP contribution in [0.1, 0.15) is 16.1 Å². The van der Waals surface area contributed by atoms with Gasteiger partial charge in [0.1, 0.15) is 11.3 Å². The molecule has 5 nitrogen and oxygen atoms in total. The van der Waals surface area contributed by atoms with Crippen molar-refractivity contribution < 1.29 is 23.8 Å². The van der Waals surface area contributed by atoms with Crippen molar-refractivity contribution in [1.82, 2.24) is 0 Å². The number of halogens is 2. The lowest BCUT2D eigenvalue weighted by atomic mass is 10.1. The third-order valence-electron chi connectivity index (χ3n) is 3.25. The van der Waals surface area contributed by atoms with Crippen molar-refractivity contribution in [1.29, 1.82) is 0 Å². The fourth-order valence-electron chi connectivity index (χ4n) is 2.20. The lowest BCUT2D eigenvalue weighted by Crippen LogP contribution is -2.11. The normalized spacial score (nSPS) is 10.8. The maximum absolute atomic E-state index is 12.7. The first-order valence-corrected chi connectivity index (χ1v) is 8.98. The van der Waals surface area contributed by atoms with Gasteiger partial charge in [-0.25, -0.2) is 4.79 Å². The molecule has 0 aliphatic heterocycles. The van der Waals surface area contributed by atoms with Crippen molar-refractivity contribution in [2.45, 2.75) is 0 Å². The Labute approximate surface area is 164 Å². The van der Waals surface area contributed by atoms with Crippen LogP contribution in [0, 0.1) is 7.14 Å². The summed E-state index contributed by atoms with van der Waals surface area (Å²) in [7, 11) is 0. The number of carboxylic acid groups (broad SMARTS) is 1.